The lowest BCUT2D eigenvalue weighted by Gasteiger charge is -1.83. The number of Topliss-reactive ketones (excluding diaryl/α,β-unsaturated/α-hetero) is 1. The van der Waals surface area contributed by atoms with E-state index in [1.54, 1.807) is 0 Å². The minimum absolute atomic E-state index is 0.0850. The zero-order valence-electron chi connectivity index (χ0n) is 4.92. The summed E-state index contributed by atoms with van der Waals surface area (Å²) in [7, 11) is 0. The van der Waals surface area contributed by atoms with E-state index in [0.717, 1.165) is 11.5 Å². The molecule has 1 radical (unpaired) electrons. The molecule has 0 fully saturated rings. The SMILES string of the molecule is CC(=O)Cc1n[c]sn1. The second-order valence-electron chi connectivity index (χ2n) is 1.68. The van der Waals surface area contributed by atoms with Crippen LogP contribution in [0.4, 0.5) is 0 Å². The Morgan fingerprint density at radius 3 is 3.11 bits per heavy atom. The van der Waals surface area contributed by atoms with Crippen LogP contribution in [0.5, 0.6) is 0 Å². The van der Waals surface area contributed by atoms with Crippen molar-refractivity contribution < 1.29 is 4.79 Å². The zero-order valence-corrected chi connectivity index (χ0v) is 5.73. The number of rotatable bonds is 2. The number of aromatic nitrogens is 2. The molecule has 0 aliphatic carbocycles. The van der Waals surface area contributed by atoms with Gasteiger partial charge in [-0.2, -0.15) is 4.37 Å². The summed E-state index contributed by atoms with van der Waals surface area (Å²) < 4.78 is 3.81. The molecule has 0 N–H and O–H groups in total. The molecule has 3 nitrogen and oxygen atoms in total. The summed E-state index contributed by atoms with van der Waals surface area (Å²) in [5.74, 6) is 0.661. The van der Waals surface area contributed by atoms with E-state index in [0.29, 0.717) is 12.2 Å². The first-order valence-corrected chi connectivity index (χ1v) is 3.24. The van der Waals surface area contributed by atoms with Gasteiger partial charge in [0.05, 0.1) is 6.42 Å². The molecule has 1 rings (SSSR count). The van der Waals surface area contributed by atoms with E-state index in [1.165, 1.54) is 6.92 Å². The highest BCUT2D eigenvalue weighted by molar-refractivity contribution is 7.02. The fourth-order valence-corrected chi connectivity index (χ4v) is 0.859. The van der Waals surface area contributed by atoms with Crippen LogP contribution in [-0.4, -0.2) is 15.1 Å². The smallest absolute Gasteiger partial charge is 0.174 e. The first-order chi connectivity index (χ1) is 4.29. The predicted octanol–water partition coefficient (Wildman–Crippen LogP) is 0.470. The van der Waals surface area contributed by atoms with Crippen molar-refractivity contribution in [3.8, 4) is 0 Å². The Morgan fingerprint density at radius 1 is 1.89 bits per heavy atom. The lowest BCUT2D eigenvalue weighted by Crippen LogP contribution is -1.97. The van der Waals surface area contributed by atoms with Gasteiger partial charge in [0.15, 0.2) is 5.51 Å². The summed E-state index contributed by atoms with van der Waals surface area (Å²) >= 11 is 1.14. The topological polar surface area (TPSA) is 42.9 Å². The van der Waals surface area contributed by atoms with E-state index >= 15 is 0 Å². The normalized spacial score (nSPS) is 9.44. The Kier molecular flexibility index (Phi) is 1.89. The van der Waals surface area contributed by atoms with Crippen LogP contribution in [0.2, 0.25) is 0 Å². The summed E-state index contributed by atoms with van der Waals surface area (Å²) in [5, 5.41) is 0. The molecule has 9 heavy (non-hydrogen) atoms. The van der Waals surface area contributed by atoms with Crippen molar-refractivity contribution in [2.75, 3.05) is 0 Å². The molecule has 1 aromatic heterocycles. The predicted molar refractivity (Wildman–Crippen MR) is 33.1 cm³/mol. The first kappa shape index (κ1) is 6.35. The van der Waals surface area contributed by atoms with E-state index in [2.05, 4.69) is 14.9 Å². The molecule has 0 aliphatic rings. The van der Waals surface area contributed by atoms with E-state index in [1.807, 2.05) is 0 Å². The summed E-state index contributed by atoms with van der Waals surface area (Å²) in [6.07, 6.45) is 0.333. The molecule has 0 aromatic carbocycles. The van der Waals surface area contributed by atoms with Crippen molar-refractivity contribution in [1.29, 1.82) is 0 Å². The van der Waals surface area contributed by atoms with Gasteiger partial charge in [0.2, 0.25) is 0 Å². The van der Waals surface area contributed by atoms with Crippen molar-refractivity contribution in [1.82, 2.24) is 9.36 Å². The summed E-state index contributed by atoms with van der Waals surface area (Å²) in [5.41, 5.74) is 2.56. The quantitative estimate of drug-likeness (QED) is 0.601. The van der Waals surface area contributed by atoms with Gasteiger partial charge >= 0.3 is 0 Å². The molecule has 0 spiro atoms. The minimum atomic E-state index is 0.0850. The fourth-order valence-electron chi connectivity index (χ4n) is 0.461. The molecule has 0 saturated heterocycles. The first-order valence-electron chi connectivity index (χ1n) is 2.47. The second kappa shape index (κ2) is 2.68. The third-order valence-electron chi connectivity index (χ3n) is 0.774. The number of hydrogen-bond acceptors (Lipinski definition) is 4. The molecular formula is C5H5N2OS. The van der Waals surface area contributed by atoms with Crippen molar-refractivity contribution in [2.45, 2.75) is 13.3 Å². The lowest BCUT2D eigenvalue weighted by atomic mass is 10.3. The van der Waals surface area contributed by atoms with Gasteiger partial charge in [-0.05, 0) is 18.5 Å². The Hall–Kier alpha value is -0.770. The van der Waals surface area contributed by atoms with Gasteiger partial charge in [-0.15, -0.1) is 0 Å². The van der Waals surface area contributed by atoms with E-state index < -0.39 is 0 Å². The minimum Gasteiger partial charge on any atom is -0.300 e. The Labute approximate surface area is 56.9 Å². The standard InChI is InChI=1S/C5H5N2OS/c1-4(8)2-5-6-3-9-7-5/h2H2,1H3. The van der Waals surface area contributed by atoms with Crippen molar-refractivity contribution in [2.24, 2.45) is 0 Å². The number of hydrogen-bond donors (Lipinski definition) is 0. The third kappa shape index (κ3) is 1.89. The lowest BCUT2D eigenvalue weighted by molar-refractivity contribution is -0.116. The molecule has 1 aromatic rings. The molecule has 47 valence electrons. The molecule has 4 heteroatoms. The van der Waals surface area contributed by atoms with Crippen molar-refractivity contribution in [3.05, 3.63) is 11.3 Å². The molecule has 0 unspecified atom stereocenters. The van der Waals surface area contributed by atoms with Gasteiger partial charge < -0.3 is 0 Å². The van der Waals surface area contributed by atoms with Gasteiger partial charge in [0.1, 0.15) is 11.6 Å². The van der Waals surface area contributed by atoms with Crippen molar-refractivity contribution >= 4 is 17.3 Å². The monoisotopic (exact) mass is 141 g/mol. The zero-order chi connectivity index (χ0) is 6.69. The molecule has 0 saturated carbocycles. The average molecular weight is 141 g/mol. The van der Waals surface area contributed by atoms with Crippen LogP contribution in [-0.2, 0) is 11.2 Å². The number of nitrogens with zero attached hydrogens (tertiary/aromatic N) is 2. The van der Waals surface area contributed by atoms with Crippen LogP contribution in [0.25, 0.3) is 0 Å². The van der Waals surface area contributed by atoms with Gasteiger partial charge in [-0.3, -0.25) is 4.79 Å². The van der Waals surface area contributed by atoms with Gasteiger partial charge in [-0.25, -0.2) is 4.98 Å². The summed E-state index contributed by atoms with van der Waals surface area (Å²) in [4.78, 5) is 14.1. The van der Waals surface area contributed by atoms with Crippen LogP contribution in [0.1, 0.15) is 12.7 Å². The van der Waals surface area contributed by atoms with Crippen LogP contribution in [0.3, 0.4) is 0 Å². The van der Waals surface area contributed by atoms with Crippen LogP contribution < -0.4 is 0 Å². The van der Waals surface area contributed by atoms with Gasteiger partial charge in [0.25, 0.3) is 0 Å². The Bertz CT molecular complexity index is 195. The summed E-state index contributed by atoms with van der Waals surface area (Å²) in [6.45, 7) is 1.51. The molecular weight excluding hydrogens is 136 g/mol. The van der Waals surface area contributed by atoms with E-state index in [-0.39, 0.29) is 5.78 Å². The van der Waals surface area contributed by atoms with Crippen molar-refractivity contribution in [3.63, 3.8) is 0 Å². The Morgan fingerprint density at radius 2 is 2.67 bits per heavy atom. The Balaban J connectivity index is 2.58. The largest absolute Gasteiger partial charge is 0.300 e. The summed E-state index contributed by atoms with van der Waals surface area (Å²) in [6, 6.07) is 0. The molecule has 1 heterocycles. The average Bonchev–Trinajstić information content (AvgIpc) is 2.15. The van der Waals surface area contributed by atoms with Gasteiger partial charge in [-0.1, -0.05) is 0 Å². The molecule has 0 atom stereocenters. The number of carbonyl (C=O) groups excluding carboxylic acids is 1. The molecule has 0 amide bonds. The fraction of sp³-hybridized carbons (Fsp3) is 0.400. The molecule has 0 bridgehead atoms. The van der Waals surface area contributed by atoms with Gasteiger partial charge in [0, 0.05) is 0 Å². The highest BCUT2D eigenvalue weighted by Crippen LogP contribution is 1.93. The highest BCUT2D eigenvalue weighted by Gasteiger charge is 1.99. The second-order valence-corrected chi connectivity index (χ2v) is 2.23. The molecule has 0 aliphatic heterocycles. The maximum Gasteiger partial charge on any atom is 0.174 e. The van der Waals surface area contributed by atoms with Crippen LogP contribution >= 0.6 is 11.5 Å². The number of carbonyl (C=O) groups is 1. The van der Waals surface area contributed by atoms with E-state index in [9.17, 15) is 4.79 Å². The maximum absolute atomic E-state index is 10.4. The van der Waals surface area contributed by atoms with Crippen LogP contribution in [0.15, 0.2) is 0 Å². The highest BCUT2D eigenvalue weighted by atomic mass is 32.1. The van der Waals surface area contributed by atoms with Crippen LogP contribution in [0, 0.1) is 5.51 Å². The third-order valence-corrected chi connectivity index (χ3v) is 1.25. The number of ketones is 1. The van der Waals surface area contributed by atoms with E-state index in [4.69, 9.17) is 0 Å². The maximum atomic E-state index is 10.4.